The Kier molecular flexibility index (Phi) is 5.01. The molecule has 4 nitrogen and oxygen atoms in total. The van der Waals surface area contributed by atoms with Crippen molar-refractivity contribution in [3.63, 3.8) is 0 Å². The Morgan fingerprint density at radius 2 is 2.07 bits per heavy atom. The van der Waals surface area contributed by atoms with Gasteiger partial charge in [-0.25, -0.2) is 4.98 Å². The minimum atomic E-state index is 0.592. The first-order chi connectivity index (χ1) is 13.5. The van der Waals surface area contributed by atoms with Gasteiger partial charge in [0.25, 0.3) is 0 Å². The molecule has 0 spiro atoms. The molecule has 2 heterocycles. The molecular weight excluding hydrogens is 459 g/mol. The molecule has 3 aromatic rings. The molecule has 0 radical (unpaired) electrons. The van der Waals surface area contributed by atoms with E-state index in [2.05, 4.69) is 81.9 Å². The van der Waals surface area contributed by atoms with Crippen LogP contribution in [-0.2, 0) is 7.05 Å². The summed E-state index contributed by atoms with van der Waals surface area (Å²) in [5.74, 6) is 7.55. The molecule has 0 aliphatic heterocycles. The lowest BCUT2D eigenvalue weighted by atomic mass is 10.0. The number of allylic oxidation sites excluding steroid dienone is 1. The summed E-state index contributed by atoms with van der Waals surface area (Å²) in [7, 11) is 1.92. The molecule has 1 aliphatic carbocycles. The number of nitrogens with zero attached hydrogens (tertiary/aromatic N) is 4. The van der Waals surface area contributed by atoms with Crippen molar-refractivity contribution in [1.82, 2.24) is 14.8 Å². The molecule has 1 saturated carbocycles. The third-order valence-corrected chi connectivity index (χ3v) is 6.21. The minimum absolute atomic E-state index is 0.592. The van der Waals surface area contributed by atoms with Crippen LogP contribution >= 0.6 is 22.6 Å². The molecule has 0 saturated heterocycles. The second-order valence-corrected chi connectivity index (χ2v) is 8.20. The Labute approximate surface area is 179 Å². The molecule has 1 fully saturated rings. The third kappa shape index (κ3) is 3.34. The van der Waals surface area contributed by atoms with E-state index in [0.29, 0.717) is 11.6 Å². The van der Waals surface area contributed by atoms with E-state index in [9.17, 15) is 0 Å². The molecule has 1 aliphatic rings. The van der Waals surface area contributed by atoms with Crippen LogP contribution in [0.2, 0.25) is 0 Å². The highest BCUT2D eigenvalue weighted by Crippen LogP contribution is 2.47. The second-order valence-electron chi connectivity index (χ2n) is 7.04. The molecule has 0 amide bonds. The zero-order valence-corrected chi connectivity index (χ0v) is 18.4. The fraction of sp³-hybridized carbons (Fsp3) is 0.261. The topological polar surface area (TPSA) is 34.0 Å². The minimum Gasteiger partial charge on any atom is -0.281 e. The molecule has 28 heavy (non-hydrogen) atoms. The molecular formula is C23H21IN4. The van der Waals surface area contributed by atoms with E-state index in [1.54, 1.807) is 0 Å². The number of benzene rings is 1. The van der Waals surface area contributed by atoms with E-state index in [-0.39, 0.29) is 0 Å². The maximum absolute atomic E-state index is 4.75. The van der Waals surface area contributed by atoms with Gasteiger partial charge in [0.15, 0.2) is 0 Å². The first kappa shape index (κ1) is 18.8. The van der Waals surface area contributed by atoms with Crippen molar-refractivity contribution in [2.75, 3.05) is 4.90 Å². The number of pyridine rings is 1. The van der Waals surface area contributed by atoms with Gasteiger partial charge in [-0.2, -0.15) is 5.10 Å². The molecule has 2 aromatic heterocycles. The van der Waals surface area contributed by atoms with Gasteiger partial charge in [-0.1, -0.05) is 18.2 Å². The van der Waals surface area contributed by atoms with Crippen LogP contribution in [0.1, 0.15) is 36.8 Å². The molecule has 140 valence electrons. The van der Waals surface area contributed by atoms with Gasteiger partial charge in [0.2, 0.25) is 0 Å². The maximum Gasteiger partial charge on any atom is 0.141 e. The van der Waals surface area contributed by atoms with Crippen LogP contribution in [0.4, 0.5) is 11.5 Å². The van der Waals surface area contributed by atoms with Gasteiger partial charge >= 0.3 is 0 Å². The summed E-state index contributed by atoms with van der Waals surface area (Å²) in [6.45, 7) is 7.86. The predicted octanol–water partition coefficient (Wildman–Crippen LogP) is 5.59. The van der Waals surface area contributed by atoms with Crippen LogP contribution in [-0.4, -0.2) is 14.8 Å². The van der Waals surface area contributed by atoms with E-state index >= 15 is 0 Å². The van der Waals surface area contributed by atoms with Crippen molar-refractivity contribution in [3.8, 4) is 11.8 Å². The highest BCUT2D eigenvalue weighted by atomic mass is 127. The van der Waals surface area contributed by atoms with Crippen LogP contribution in [0.15, 0.2) is 48.6 Å². The van der Waals surface area contributed by atoms with E-state index < -0.39 is 0 Å². The monoisotopic (exact) mass is 480 g/mol. The number of aryl methyl sites for hydroxylation is 2. The van der Waals surface area contributed by atoms with Crippen LogP contribution in [0.25, 0.3) is 10.9 Å². The molecule has 1 aromatic carbocycles. The number of aromatic nitrogens is 3. The van der Waals surface area contributed by atoms with E-state index in [1.165, 1.54) is 27.5 Å². The van der Waals surface area contributed by atoms with Gasteiger partial charge in [-0.05, 0) is 90.4 Å². The van der Waals surface area contributed by atoms with E-state index in [0.717, 1.165) is 22.4 Å². The smallest absolute Gasteiger partial charge is 0.141 e. The van der Waals surface area contributed by atoms with Crippen molar-refractivity contribution in [1.29, 1.82) is 0 Å². The number of halogens is 1. The summed E-state index contributed by atoms with van der Waals surface area (Å²) in [6, 6.07) is 6.60. The van der Waals surface area contributed by atoms with Crippen molar-refractivity contribution >= 4 is 45.0 Å². The molecule has 4 rings (SSSR count). The quantitative estimate of drug-likeness (QED) is 0.278. The standard InChI is InChI=1S/C23H21IN4/c1-5-7-18(6-2)28(23-11-17-13-26-27(4)22(17)14-25-23)21-10-15(3)20(24)12-19(21)16-8-9-16/h10-14,16H,2,8-9H2,1,3-4H3. The van der Waals surface area contributed by atoms with Crippen molar-refractivity contribution in [2.24, 2.45) is 7.05 Å². The van der Waals surface area contributed by atoms with Crippen LogP contribution in [0, 0.1) is 22.3 Å². The highest BCUT2D eigenvalue weighted by molar-refractivity contribution is 14.1. The Bertz CT molecular complexity index is 1180. The number of hydrogen-bond donors (Lipinski definition) is 0. The molecule has 0 atom stereocenters. The van der Waals surface area contributed by atoms with Crippen LogP contribution < -0.4 is 4.90 Å². The zero-order chi connectivity index (χ0) is 19.8. The summed E-state index contributed by atoms with van der Waals surface area (Å²) < 4.78 is 3.11. The van der Waals surface area contributed by atoms with Gasteiger partial charge in [0.1, 0.15) is 11.5 Å². The summed E-state index contributed by atoms with van der Waals surface area (Å²) in [5, 5.41) is 5.39. The largest absolute Gasteiger partial charge is 0.281 e. The second kappa shape index (κ2) is 7.46. The summed E-state index contributed by atoms with van der Waals surface area (Å²) in [6.07, 6.45) is 6.17. The Balaban J connectivity index is 1.97. The Hall–Kier alpha value is -2.55. The lowest BCUT2D eigenvalue weighted by molar-refractivity contribution is 0.795. The van der Waals surface area contributed by atoms with Crippen molar-refractivity contribution in [3.05, 3.63) is 63.3 Å². The average Bonchev–Trinajstić information content (AvgIpc) is 3.47. The number of fused-ring (bicyclic) bond motifs is 1. The molecule has 0 bridgehead atoms. The number of anilines is 2. The molecule has 5 heteroatoms. The predicted molar refractivity (Wildman–Crippen MR) is 123 cm³/mol. The highest BCUT2D eigenvalue weighted by Gasteiger charge is 2.30. The fourth-order valence-corrected chi connectivity index (χ4v) is 3.90. The first-order valence-electron chi connectivity index (χ1n) is 9.24. The summed E-state index contributed by atoms with van der Waals surface area (Å²) in [4.78, 5) is 6.84. The SMILES string of the molecule is C=C=C(C#CC)N(c1cc2cnn(C)c2cn1)c1cc(C)c(I)cc1C1CC1. The van der Waals surface area contributed by atoms with Crippen molar-refractivity contribution in [2.45, 2.75) is 32.6 Å². The third-order valence-electron chi connectivity index (χ3n) is 5.05. The lowest BCUT2D eigenvalue weighted by Gasteiger charge is -2.26. The zero-order valence-electron chi connectivity index (χ0n) is 16.3. The average molecular weight is 480 g/mol. The van der Waals surface area contributed by atoms with Gasteiger partial charge in [0, 0.05) is 16.0 Å². The van der Waals surface area contributed by atoms with Gasteiger partial charge in [-0.15, -0.1) is 0 Å². The van der Waals surface area contributed by atoms with Crippen LogP contribution in [0.3, 0.4) is 0 Å². The van der Waals surface area contributed by atoms with Crippen molar-refractivity contribution < 1.29 is 0 Å². The van der Waals surface area contributed by atoms with E-state index in [1.807, 2.05) is 31.0 Å². The van der Waals surface area contributed by atoms with E-state index in [4.69, 9.17) is 4.98 Å². The maximum atomic E-state index is 4.75. The van der Waals surface area contributed by atoms with Crippen LogP contribution in [0.5, 0.6) is 0 Å². The normalized spacial score (nSPS) is 13.0. The van der Waals surface area contributed by atoms with Gasteiger partial charge < -0.3 is 0 Å². The number of rotatable bonds is 4. The lowest BCUT2D eigenvalue weighted by Crippen LogP contribution is -2.18. The first-order valence-corrected chi connectivity index (χ1v) is 10.3. The Morgan fingerprint density at radius 1 is 1.29 bits per heavy atom. The molecule has 0 unspecified atom stereocenters. The van der Waals surface area contributed by atoms with Gasteiger partial charge in [-0.3, -0.25) is 9.58 Å². The fourth-order valence-electron chi connectivity index (χ4n) is 3.41. The summed E-state index contributed by atoms with van der Waals surface area (Å²) in [5.41, 5.74) is 8.43. The van der Waals surface area contributed by atoms with Gasteiger partial charge in [0.05, 0.1) is 23.6 Å². The number of hydrogen-bond acceptors (Lipinski definition) is 3. The Morgan fingerprint density at radius 3 is 2.75 bits per heavy atom. The molecule has 0 N–H and O–H groups in total. The summed E-state index contributed by atoms with van der Waals surface area (Å²) >= 11 is 2.42.